The number of nitrogens with one attached hydrogen (secondary N) is 1. The lowest BCUT2D eigenvalue weighted by Crippen LogP contribution is -2.19. The SMILES string of the molecule is COc1ccc(OC(C)C)c(NC(=O)CCc2ccccc2OC(F)(F)F)c1. The molecular weight excluding hydrogens is 375 g/mol. The van der Waals surface area contributed by atoms with Gasteiger partial charge in [0.05, 0.1) is 18.9 Å². The highest BCUT2D eigenvalue weighted by molar-refractivity contribution is 5.92. The van der Waals surface area contributed by atoms with E-state index in [1.807, 2.05) is 13.8 Å². The van der Waals surface area contributed by atoms with E-state index in [2.05, 4.69) is 10.1 Å². The minimum Gasteiger partial charge on any atom is -0.497 e. The van der Waals surface area contributed by atoms with Gasteiger partial charge in [0.25, 0.3) is 0 Å². The van der Waals surface area contributed by atoms with Crippen LogP contribution in [0.5, 0.6) is 17.2 Å². The summed E-state index contributed by atoms with van der Waals surface area (Å²) in [7, 11) is 1.50. The maximum Gasteiger partial charge on any atom is 0.573 e. The average molecular weight is 397 g/mol. The molecule has 0 fully saturated rings. The lowest BCUT2D eigenvalue weighted by molar-refractivity contribution is -0.274. The molecule has 0 aliphatic heterocycles. The van der Waals surface area contributed by atoms with Crippen LogP contribution in [-0.2, 0) is 11.2 Å². The highest BCUT2D eigenvalue weighted by Gasteiger charge is 2.32. The van der Waals surface area contributed by atoms with Gasteiger partial charge in [-0.25, -0.2) is 0 Å². The van der Waals surface area contributed by atoms with Crippen molar-refractivity contribution in [2.75, 3.05) is 12.4 Å². The van der Waals surface area contributed by atoms with Crippen LogP contribution in [0, 0.1) is 0 Å². The maximum atomic E-state index is 12.5. The van der Waals surface area contributed by atoms with Gasteiger partial charge in [-0.3, -0.25) is 4.79 Å². The Labute approximate surface area is 161 Å². The molecule has 0 bridgehead atoms. The van der Waals surface area contributed by atoms with Crippen molar-refractivity contribution in [2.45, 2.75) is 39.2 Å². The summed E-state index contributed by atoms with van der Waals surface area (Å²) in [6, 6.07) is 10.8. The second-order valence-corrected chi connectivity index (χ2v) is 6.23. The van der Waals surface area contributed by atoms with Crippen molar-refractivity contribution in [1.29, 1.82) is 0 Å². The van der Waals surface area contributed by atoms with Gasteiger partial charge in [-0.15, -0.1) is 13.2 Å². The van der Waals surface area contributed by atoms with Gasteiger partial charge in [0, 0.05) is 12.5 Å². The van der Waals surface area contributed by atoms with Gasteiger partial charge in [0.1, 0.15) is 17.2 Å². The fraction of sp³-hybridized carbons (Fsp3) is 0.350. The van der Waals surface area contributed by atoms with Gasteiger partial charge in [-0.05, 0) is 44.0 Å². The van der Waals surface area contributed by atoms with E-state index in [0.29, 0.717) is 22.7 Å². The van der Waals surface area contributed by atoms with E-state index >= 15 is 0 Å². The second-order valence-electron chi connectivity index (χ2n) is 6.23. The van der Waals surface area contributed by atoms with Crippen molar-refractivity contribution >= 4 is 11.6 Å². The van der Waals surface area contributed by atoms with E-state index < -0.39 is 6.36 Å². The fourth-order valence-electron chi connectivity index (χ4n) is 2.49. The first-order valence-corrected chi connectivity index (χ1v) is 8.66. The van der Waals surface area contributed by atoms with Gasteiger partial charge < -0.3 is 19.5 Å². The van der Waals surface area contributed by atoms with E-state index in [9.17, 15) is 18.0 Å². The third kappa shape index (κ3) is 6.68. The summed E-state index contributed by atoms with van der Waals surface area (Å²) in [5.74, 6) is 0.331. The zero-order chi connectivity index (χ0) is 20.7. The quantitative estimate of drug-likeness (QED) is 0.685. The molecule has 0 aliphatic rings. The van der Waals surface area contributed by atoms with Crippen molar-refractivity contribution in [2.24, 2.45) is 0 Å². The molecule has 0 saturated heterocycles. The van der Waals surface area contributed by atoms with E-state index in [0.717, 1.165) is 0 Å². The number of amides is 1. The van der Waals surface area contributed by atoms with Crippen LogP contribution in [0.1, 0.15) is 25.8 Å². The Hall–Kier alpha value is -2.90. The van der Waals surface area contributed by atoms with Crippen LogP contribution >= 0.6 is 0 Å². The topological polar surface area (TPSA) is 56.8 Å². The minimum absolute atomic E-state index is 0.0312. The zero-order valence-corrected chi connectivity index (χ0v) is 15.8. The number of alkyl halides is 3. The maximum absolute atomic E-state index is 12.5. The molecule has 1 N–H and O–H groups in total. The van der Waals surface area contributed by atoms with Crippen LogP contribution in [0.4, 0.5) is 18.9 Å². The summed E-state index contributed by atoms with van der Waals surface area (Å²) >= 11 is 0. The molecule has 1 amide bonds. The largest absolute Gasteiger partial charge is 0.573 e. The van der Waals surface area contributed by atoms with Gasteiger partial charge in [0.2, 0.25) is 5.91 Å². The van der Waals surface area contributed by atoms with E-state index in [1.165, 1.54) is 25.3 Å². The van der Waals surface area contributed by atoms with Crippen LogP contribution in [-0.4, -0.2) is 25.5 Å². The first-order chi connectivity index (χ1) is 13.2. The molecule has 0 unspecified atom stereocenters. The third-order valence-corrected chi connectivity index (χ3v) is 3.64. The van der Waals surface area contributed by atoms with Gasteiger partial charge >= 0.3 is 6.36 Å². The molecular formula is C20H22F3NO4. The monoisotopic (exact) mass is 397 g/mol. The molecule has 0 saturated carbocycles. The predicted octanol–water partition coefficient (Wildman–Crippen LogP) is 4.95. The summed E-state index contributed by atoms with van der Waals surface area (Å²) in [5, 5.41) is 2.72. The highest BCUT2D eigenvalue weighted by Crippen LogP contribution is 2.31. The Morgan fingerprint density at radius 2 is 1.82 bits per heavy atom. The average Bonchev–Trinajstić information content (AvgIpc) is 2.60. The summed E-state index contributed by atoms with van der Waals surface area (Å²) in [6.07, 6.45) is -4.84. The Morgan fingerprint density at radius 3 is 2.46 bits per heavy atom. The molecule has 2 aromatic carbocycles. The fourth-order valence-corrected chi connectivity index (χ4v) is 2.49. The Morgan fingerprint density at radius 1 is 1.11 bits per heavy atom. The number of para-hydroxylation sites is 1. The number of ether oxygens (including phenoxy) is 3. The molecule has 0 radical (unpaired) electrons. The van der Waals surface area contributed by atoms with Gasteiger partial charge in [-0.2, -0.15) is 0 Å². The van der Waals surface area contributed by atoms with Crippen LogP contribution in [0.15, 0.2) is 42.5 Å². The molecule has 8 heteroatoms. The van der Waals surface area contributed by atoms with Gasteiger partial charge in [-0.1, -0.05) is 18.2 Å². The first kappa shape index (κ1) is 21.4. The summed E-state index contributed by atoms with van der Waals surface area (Å²) < 4.78 is 52.3. The molecule has 2 rings (SSSR count). The summed E-state index contributed by atoms with van der Waals surface area (Å²) in [6.45, 7) is 3.71. The van der Waals surface area contributed by atoms with Crippen LogP contribution in [0.3, 0.4) is 0 Å². The lowest BCUT2D eigenvalue weighted by Gasteiger charge is -2.16. The smallest absolute Gasteiger partial charge is 0.497 e. The number of anilines is 1. The number of hydrogen-bond acceptors (Lipinski definition) is 4. The molecule has 28 heavy (non-hydrogen) atoms. The Bertz CT molecular complexity index is 806. The molecule has 0 heterocycles. The number of hydrogen-bond donors (Lipinski definition) is 1. The van der Waals surface area contributed by atoms with E-state index in [-0.39, 0.29) is 30.6 Å². The number of carbonyl (C=O) groups excluding carboxylic acids is 1. The number of benzene rings is 2. The van der Waals surface area contributed by atoms with Crippen molar-refractivity contribution < 1.29 is 32.2 Å². The van der Waals surface area contributed by atoms with Crippen LogP contribution in [0.25, 0.3) is 0 Å². The normalized spacial score (nSPS) is 11.2. The zero-order valence-electron chi connectivity index (χ0n) is 15.8. The summed E-state index contributed by atoms with van der Waals surface area (Å²) in [4.78, 5) is 12.3. The first-order valence-electron chi connectivity index (χ1n) is 8.66. The number of aryl methyl sites for hydroxylation is 1. The third-order valence-electron chi connectivity index (χ3n) is 3.64. The number of carbonyl (C=O) groups is 1. The number of methoxy groups -OCH3 is 1. The molecule has 0 aliphatic carbocycles. The van der Waals surface area contributed by atoms with Crippen molar-refractivity contribution in [3.05, 3.63) is 48.0 Å². The van der Waals surface area contributed by atoms with E-state index in [4.69, 9.17) is 9.47 Å². The molecule has 0 atom stereocenters. The van der Waals surface area contributed by atoms with Crippen molar-refractivity contribution in [1.82, 2.24) is 0 Å². The second kappa shape index (κ2) is 9.34. The summed E-state index contributed by atoms with van der Waals surface area (Å²) in [5.41, 5.74) is 0.720. The van der Waals surface area contributed by atoms with E-state index in [1.54, 1.807) is 24.3 Å². The molecule has 152 valence electrons. The van der Waals surface area contributed by atoms with Crippen LogP contribution in [0.2, 0.25) is 0 Å². The number of rotatable bonds is 8. The Balaban J connectivity index is 2.07. The van der Waals surface area contributed by atoms with Crippen LogP contribution < -0.4 is 19.5 Å². The minimum atomic E-state index is -4.79. The Kier molecular flexibility index (Phi) is 7.14. The highest BCUT2D eigenvalue weighted by atomic mass is 19.4. The molecule has 0 aromatic heterocycles. The van der Waals surface area contributed by atoms with Crippen molar-refractivity contribution in [3.63, 3.8) is 0 Å². The standard InChI is InChI=1S/C20H22F3NO4/c1-13(2)27-18-10-9-15(26-3)12-16(18)24-19(25)11-8-14-6-4-5-7-17(14)28-20(21,22)23/h4-7,9-10,12-13H,8,11H2,1-3H3,(H,24,25). The molecule has 0 spiro atoms. The number of halogens is 3. The van der Waals surface area contributed by atoms with Crippen molar-refractivity contribution in [3.8, 4) is 17.2 Å². The van der Waals surface area contributed by atoms with Gasteiger partial charge in [0.15, 0.2) is 0 Å². The lowest BCUT2D eigenvalue weighted by atomic mass is 10.1. The molecule has 2 aromatic rings. The predicted molar refractivity (Wildman–Crippen MR) is 98.8 cm³/mol. The molecule has 5 nitrogen and oxygen atoms in total.